The van der Waals surface area contributed by atoms with Crippen molar-refractivity contribution in [3.8, 4) is 0 Å². The van der Waals surface area contributed by atoms with Gasteiger partial charge in [0.2, 0.25) is 0 Å². The molecule has 0 radical (unpaired) electrons. The Morgan fingerprint density at radius 2 is 2.06 bits per heavy atom. The molecule has 1 aliphatic heterocycles. The number of ether oxygens (including phenoxy) is 1. The summed E-state index contributed by atoms with van der Waals surface area (Å²) >= 11 is 0. The molecule has 0 spiro atoms. The first-order valence-corrected chi connectivity index (χ1v) is 6.37. The standard InChI is InChI=1S/C12H24N2O2/c1-3-4-5-6-11(2)13-12(15)14-7-9-16-10-8-14/h11H,3-10H2,1-2H3,(H,13,15). The summed E-state index contributed by atoms with van der Waals surface area (Å²) in [7, 11) is 0. The SMILES string of the molecule is CCCCCC(C)NC(=O)N1CCOCC1. The van der Waals surface area contributed by atoms with E-state index in [0.717, 1.165) is 6.42 Å². The van der Waals surface area contributed by atoms with E-state index in [1.54, 1.807) is 0 Å². The maximum absolute atomic E-state index is 11.8. The lowest BCUT2D eigenvalue weighted by Crippen LogP contribution is -2.48. The zero-order chi connectivity index (χ0) is 11.8. The van der Waals surface area contributed by atoms with Gasteiger partial charge in [0, 0.05) is 19.1 Å². The second kappa shape index (κ2) is 7.49. The van der Waals surface area contributed by atoms with Crippen molar-refractivity contribution >= 4 is 6.03 Å². The van der Waals surface area contributed by atoms with Crippen molar-refractivity contribution in [2.24, 2.45) is 0 Å². The molecular formula is C12H24N2O2. The van der Waals surface area contributed by atoms with Crippen molar-refractivity contribution in [3.05, 3.63) is 0 Å². The number of carbonyl (C=O) groups excluding carboxylic acids is 1. The number of morpholine rings is 1. The van der Waals surface area contributed by atoms with Crippen molar-refractivity contribution in [2.45, 2.75) is 45.6 Å². The van der Waals surface area contributed by atoms with Crippen LogP contribution in [0.15, 0.2) is 0 Å². The number of rotatable bonds is 5. The predicted molar refractivity (Wildman–Crippen MR) is 64.5 cm³/mol. The lowest BCUT2D eigenvalue weighted by Gasteiger charge is -2.28. The van der Waals surface area contributed by atoms with Crippen molar-refractivity contribution in [3.63, 3.8) is 0 Å². The first-order valence-electron chi connectivity index (χ1n) is 6.37. The van der Waals surface area contributed by atoms with Crippen molar-refractivity contribution < 1.29 is 9.53 Å². The molecule has 1 fully saturated rings. The second-order valence-electron chi connectivity index (χ2n) is 4.45. The molecule has 0 aromatic carbocycles. The number of amides is 2. The van der Waals surface area contributed by atoms with Crippen LogP contribution < -0.4 is 5.32 Å². The van der Waals surface area contributed by atoms with Gasteiger partial charge in [-0.3, -0.25) is 0 Å². The van der Waals surface area contributed by atoms with Gasteiger partial charge in [-0.15, -0.1) is 0 Å². The van der Waals surface area contributed by atoms with E-state index < -0.39 is 0 Å². The van der Waals surface area contributed by atoms with Crippen LogP contribution in [0, 0.1) is 0 Å². The predicted octanol–water partition coefficient (Wildman–Crippen LogP) is 2.00. The van der Waals surface area contributed by atoms with Gasteiger partial charge in [-0.1, -0.05) is 26.2 Å². The minimum Gasteiger partial charge on any atom is -0.378 e. The van der Waals surface area contributed by atoms with Crippen LogP contribution in [0.3, 0.4) is 0 Å². The maximum Gasteiger partial charge on any atom is 0.317 e. The molecule has 1 heterocycles. The molecule has 1 atom stereocenters. The third kappa shape index (κ3) is 4.84. The van der Waals surface area contributed by atoms with E-state index in [-0.39, 0.29) is 12.1 Å². The summed E-state index contributed by atoms with van der Waals surface area (Å²) in [6, 6.07) is 0.342. The highest BCUT2D eigenvalue weighted by Crippen LogP contribution is 2.04. The minimum absolute atomic E-state index is 0.0623. The molecule has 0 saturated carbocycles. The van der Waals surface area contributed by atoms with Crippen LogP contribution in [-0.2, 0) is 4.74 Å². The molecule has 1 rings (SSSR count). The summed E-state index contributed by atoms with van der Waals surface area (Å²) < 4.78 is 5.21. The number of nitrogens with one attached hydrogen (secondary N) is 1. The molecule has 0 aromatic heterocycles. The Balaban J connectivity index is 2.16. The van der Waals surface area contributed by atoms with Gasteiger partial charge in [0.25, 0.3) is 0 Å². The van der Waals surface area contributed by atoms with Crippen molar-refractivity contribution in [1.82, 2.24) is 10.2 Å². The lowest BCUT2D eigenvalue weighted by molar-refractivity contribution is 0.0525. The van der Waals surface area contributed by atoms with Gasteiger partial charge in [0.15, 0.2) is 0 Å². The number of urea groups is 1. The number of hydrogen-bond donors (Lipinski definition) is 1. The van der Waals surface area contributed by atoms with E-state index in [4.69, 9.17) is 4.74 Å². The molecule has 16 heavy (non-hydrogen) atoms. The molecule has 4 nitrogen and oxygen atoms in total. The van der Waals surface area contributed by atoms with Gasteiger partial charge in [0.05, 0.1) is 13.2 Å². The minimum atomic E-state index is 0.0623. The molecular weight excluding hydrogens is 204 g/mol. The topological polar surface area (TPSA) is 41.6 Å². The summed E-state index contributed by atoms with van der Waals surface area (Å²) in [4.78, 5) is 13.6. The Bertz CT molecular complexity index is 203. The highest BCUT2D eigenvalue weighted by atomic mass is 16.5. The summed E-state index contributed by atoms with van der Waals surface area (Å²) in [5.74, 6) is 0. The van der Waals surface area contributed by atoms with Crippen LogP contribution in [-0.4, -0.2) is 43.3 Å². The van der Waals surface area contributed by atoms with Gasteiger partial charge in [-0.25, -0.2) is 4.79 Å². The van der Waals surface area contributed by atoms with E-state index in [0.29, 0.717) is 26.3 Å². The Kier molecular flexibility index (Phi) is 6.23. The Labute approximate surface area is 98.3 Å². The van der Waals surface area contributed by atoms with E-state index in [2.05, 4.69) is 19.2 Å². The molecule has 94 valence electrons. The van der Waals surface area contributed by atoms with Crippen LogP contribution in [0.1, 0.15) is 39.5 Å². The van der Waals surface area contributed by atoms with Crippen LogP contribution in [0.5, 0.6) is 0 Å². The second-order valence-corrected chi connectivity index (χ2v) is 4.45. The van der Waals surface area contributed by atoms with Crippen LogP contribution in [0.2, 0.25) is 0 Å². The van der Waals surface area contributed by atoms with Gasteiger partial charge >= 0.3 is 6.03 Å². The van der Waals surface area contributed by atoms with E-state index >= 15 is 0 Å². The molecule has 1 unspecified atom stereocenters. The van der Waals surface area contributed by atoms with Crippen LogP contribution in [0.4, 0.5) is 4.79 Å². The van der Waals surface area contributed by atoms with Crippen LogP contribution in [0.25, 0.3) is 0 Å². The van der Waals surface area contributed by atoms with Gasteiger partial charge in [-0.2, -0.15) is 0 Å². The number of unbranched alkanes of at least 4 members (excludes halogenated alkanes) is 2. The van der Waals surface area contributed by atoms with Crippen molar-refractivity contribution in [2.75, 3.05) is 26.3 Å². The lowest BCUT2D eigenvalue weighted by atomic mass is 10.1. The zero-order valence-corrected chi connectivity index (χ0v) is 10.5. The number of carbonyl (C=O) groups is 1. The largest absolute Gasteiger partial charge is 0.378 e. The smallest absolute Gasteiger partial charge is 0.317 e. The van der Waals surface area contributed by atoms with Crippen LogP contribution >= 0.6 is 0 Å². The highest BCUT2D eigenvalue weighted by Gasteiger charge is 2.17. The number of hydrogen-bond acceptors (Lipinski definition) is 2. The maximum atomic E-state index is 11.8. The van der Waals surface area contributed by atoms with Gasteiger partial charge in [0.1, 0.15) is 0 Å². The average molecular weight is 228 g/mol. The molecule has 4 heteroatoms. The summed E-state index contributed by atoms with van der Waals surface area (Å²) in [6.45, 7) is 7.03. The highest BCUT2D eigenvalue weighted by molar-refractivity contribution is 5.74. The van der Waals surface area contributed by atoms with E-state index in [1.165, 1.54) is 19.3 Å². The third-order valence-electron chi connectivity index (χ3n) is 2.91. The zero-order valence-electron chi connectivity index (χ0n) is 10.5. The molecule has 1 N–H and O–H groups in total. The summed E-state index contributed by atoms with van der Waals surface area (Å²) in [5, 5.41) is 3.04. The van der Waals surface area contributed by atoms with Gasteiger partial charge in [-0.05, 0) is 13.3 Å². The monoisotopic (exact) mass is 228 g/mol. The fourth-order valence-electron chi connectivity index (χ4n) is 1.84. The Morgan fingerprint density at radius 1 is 1.38 bits per heavy atom. The molecule has 1 aliphatic rings. The molecule has 2 amide bonds. The third-order valence-corrected chi connectivity index (χ3v) is 2.91. The molecule has 1 saturated heterocycles. The number of nitrogens with zero attached hydrogens (tertiary/aromatic N) is 1. The van der Waals surface area contributed by atoms with Gasteiger partial charge < -0.3 is 15.0 Å². The van der Waals surface area contributed by atoms with E-state index in [1.807, 2.05) is 4.90 Å². The average Bonchev–Trinajstić information content (AvgIpc) is 2.30. The first-order chi connectivity index (χ1) is 7.74. The van der Waals surface area contributed by atoms with Crippen molar-refractivity contribution in [1.29, 1.82) is 0 Å². The summed E-state index contributed by atoms with van der Waals surface area (Å²) in [5.41, 5.74) is 0. The Hall–Kier alpha value is -0.770. The fourth-order valence-corrected chi connectivity index (χ4v) is 1.84. The fraction of sp³-hybridized carbons (Fsp3) is 0.917. The first kappa shape index (κ1) is 13.3. The molecule has 0 aromatic rings. The summed E-state index contributed by atoms with van der Waals surface area (Å²) in [6.07, 6.45) is 4.74. The normalized spacial score (nSPS) is 18.2. The molecule has 0 bridgehead atoms. The van der Waals surface area contributed by atoms with E-state index in [9.17, 15) is 4.79 Å². The Morgan fingerprint density at radius 3 is 2.69 bits per heavy atom. The quantitative estimate of drug-likeness (QED) is 0.731. The molecule has 0 aliphatic carbocycles.